The summed E-state index contributed by atoms with van der Waals surface area (Å²) in [4.78, 5) is 0. The molecule has 0 aromatic heterocycles. The number of halogens is 2. The van der Waals surface area contributed by atoms with Gasteiger partial charge in [-0.2, -0.15) is 0 Å². The minimum Gasteiger partial charge on any atom is -0.384 e. The summed E-state index contributed by atoms with van der Waals surface area (Å²) in [6.07, 6.45) is 0. The van der Waals surface area contributed by atoms with Crippen LogP contribution in [0.25, 0.3) is 0 Å². The number of rotatable bonds is 3. The van der Waals surface area contributed by atoms with E-state index in [4.69, 9.17) is 23.2 Å². The van der Waals surface area contributed by atoms with Crippen LogP contribution in [0.1, 0.15) is 33.3 Å². The van der Waals surface area contributed by atoms with Gasteiger partial charge in [-0.3, -0.25) is 0 Å². The first-order chi connectivity index (χ1) is 7.62. The molecule has 0 aliphatic rings. The maximum absolute atomic E-state index is 10.4. The highest BCUT2D eigenvalue weighted by molar-refractivity contribution is 6.33. The number of hydrogen-bond acceptors (Lipinski definition) is 2. The predicted molar refractivity (Wildman–Crippen MR) is 73.8 cm³/mol. The third-order valence-electron chi connectivity index (χ3n) is 2.47. The molecule has 2 nitrogen and oxygen atoms in total. The molecular formula is C13H19Cl2NO. The second-order valence-electron chi connectivity index (χ2n) is 5.50. The molecule has 0 aliphatic carbocycles. The van der Waals surface area contributed by atoms with E-state index in [0.29, 0.717) is 22.2 Å². The molecule has 0 saturated heterocycles. The fraction of sp³-hybridized carbons (Fsp3) is 0.538. The fourth-order valence-electron chi connectivity index (χ4n) is 1.44. The standard InChI is InChI=1S/C13H19Cl2NO/c1-12(2,3)16-8-13(4,17)10-7-9(14)5-6-11(10)15/h5-7,16-17H,8H2,1-4H3. The van der Waals surface area contributed by atoms with Crippen LogP contribution in [0, 0.1) is 0 Å². The van der Waals surface area contributed by atoms with Gasteiger partial charge < -0.3 is 10.4 Å². The van der Waals surface area contributed by atoms with Crippen LogP contribution in [0.3, 0.4) is 0 Å². The molecule has 1 aromatic rings. The Hall–Kier alpha value is -0.280. The minimum atomic E-state index is -1.05. The number of benzene rings is 1. The molecule has 96 valence electrons. The maximum Gasteiger partial charge on any atom is 0.101 e. The summed E-state index contributed by atoms with van der Waals surface area (Å²) in [5.41, 5.74) is -0.465. The van der Waals surface area contributed by atoms with Crippen molar-refractivity contribution in [1.29, 1.82) is 0 Å². The molecular weight excluding hydrogens is 257 g/mol. The van der Waals surface area contributed by atoms with Crippen LogP contribution in [0.4, 0.5) is 0 Å². The first kappa shape index (κ1) is 14.8. The average Bonchev–Trinajstić information content (AvgIpc) is 2.18. The number of aliphatic hydroxyl groups is 1. The number of nitrogens with one attached hydrogen (secondary N) is 1. The van der Waals surface area contributed by atoms with Gasteiger partial charge in [-0.05, 0) is 45.9 Å². The second kappa shape index (κ2) is 5.15. The molecule has 0 amide bonds. The Labute approximate surface area is 113 Å². The van der Waals surface area contributed by atoms with E-state index in [0.717, 1.165) is 0 Å². The van der Waals surface area contributed by atoms with E-state index >= 15 is 0 Å². The van der Waals surface area contributed by atoms with Crippen molar-refractivity contribution >= 4 is 23.2 Å². The molecule has 4 heteroatoms. The largest absolute Gasteiger partial charge is 0.384 e. The third-order valence-corrected chi connectivity index (χ3v) is 3.04. The van der Waals surface area contributed by atoms with Gasteiger partial charge in [0.25, 0.3) is 0 Å². The molecule has 0 heterocycles. The van der Waals surface area contributed by atoms with Gasteiger partial charge in [0.2, 0.25) is 0 Å². The van der Waals surface area contributed by atoms with Crippen molar-refractivity contribution in [2.24, 2.45) is 0 Å². The average molecular weight is 276 g/mol. The summed E-state index contributed by atoms with van der Waals surface area (Å²) >= 11 is 12.0. The van der Waals surface area contributed by atoms with E-state index in [-0.39, 0.29) is 5.54 Å². The highest BCUT2D eigenvalue weighted by atomic mass is 35.5. The van der Waals surface area contributed by atoms with Crippen molar-refractivity contribution in [3.8, 4) is 0 Å². The van der Waals surface area contributed by atoms with Gasteiger partial charge in [-0.25, -0.2) is 0 Å². The molecule has 0 bridgehead atoms. The second-order valence-corrected chi connectivity index (χ2v) is 6.35. The van der Waals surface area contributed by atoms with Crippen LogP contribution < -0.4 is 5.32 Å². The molecule has 0 fully saturated rings. The van der Waals surface area contributed by atoms with Crippen molar-refractivity contribution in [2.75, 3.05) is 6.54 Å². The molecule has 1 atom stereocenters. The Morgan fingerprint density at radius 2 is 1.76 bits per heavy atom. The van der Waals surface area contributed by atoms with Crippen molar-refractivity contribution < 1.29 is 5.11 Å². The minimum absolute atomic E-state index is 0.0605. The van der Waals surface area contributed by atoms with Gasteiger partial charge in [-0.1, -0.05) is 23.2 Å². The van der Waals surface area contributed by atoms with Crippen LogP contribution in [-0.4, -0.2) is 17.2 Å². The molecule has 1 unspecified atom stereocenters. The Balaban J connectivity index is 2.92. The van der Waals surface area contributed by atoms with Crippen LogP contribution >= 0.6 is 23.2 Å². The van der Waals surface area contributed by atoms with Gasteiger partial charge in [0, 0.05) is 27.7 Å². The van der Waals surface area contributed by atoms with Crippen molar-refractivity contribution in [3.05, 3.63) is 33.8 Å². The zero-order valence-electron chi connectivity index (χ0n) is 10.6. The molecule has 2 N–H and O–H groups in total. The number of β-amino-alcohol motifs (C(OH)–C–C–N with tert-alkyl or cyclic N) is 1. The van der Waals surface area contributed by atoms with Gasteiger partial charge in [-0.15, -0.1) is 0 Å². The SMILES string of the molecule is CC(C)(C)NCC(C)(O)c1cc(Cl)ccc1Cl. The number of hydrogen-bond donors (Lipinski definition) is 2. The lowest BCUT2D eigenvalue weighted by molar-refractivity contribution is 0.0503. The predicted octanol–water partition coefficient (Wildman–Crippen LogP) is 3.59. The van der Waals surface area contributed by atoms with Gasteiger partial charge in [0.15, 0.2) is 0 Å². The zero-order valence-corrected chi connectivity index (χ0v) is 12.2. The van der Waals surface area contributed by atoms with Crippen LogP contribution in [-0.2, 0) is 5.60 Å². The zero-order chi connectivity index (χ0) is 13.3. The van der Waals surface area contributed by atoms with E-state index in [1.165, 1.54) is 0 Å². The van der Waals surface area contributed by atoms with E-state index in [1.807, 2.05) is 20.8 Å². The lowest BCUT2D eigenvalue weighted by Crippen LogP contribution is -2.44. The van der Waals surface area contributed by atoms with Gasteiger partial charge in [0.1, 0.15) is 5.60 Å². The van der Waals surface area contributed by atoms with Crippen molar-refractivity contribution in [2.45, 2.75) is 38.8 Å². The fourth-order valence-corrected chi connectivity index (χ4v) is 1.94. The van der Waals surface area contributed by atoms with E-state index in [2.05, 4.69) is 5.32 Å². The van der Waals surface area contributed by atoms with Gasteiger partial charge >= 0.3 is 0 Å². The normalized spacial score (nSPS) is 15.7. The first-order valence-electron chi connectivity index (χ1n) is 5.55. The molecule has 0 radical (unpaired) electrons. The highest BCUT2D eigenvalue weighted by Crippen LogP contribution is 2.30. The van der Waals surface area contributed by atoms with Crippen LogP contribution in [0.5, 0.6) is 0 Å². The van der Waals surface area contributed by atoms with E-state index < -0.39 is 5.60 Å². The smallest absolute Gasteiger partial charge is 0.101 e. The van der Waals surface area contributed by atoms with Gasteiger partial charge in [0.05, 0.1) is 0 Å². The Morgan fingerprint density at radius 3 is 2.29 bits per heavy atom. The molecule has 17 heavy (non-hydrogen) atoms. The summed E-state index contributed by atoms with van der Waals surface area (Å²) in [5, 5.41) is 14.8. The molecule has 0 aliphatic heterocycles. The molecule has 0 saturated carbocycles. The molecule has 1 aromatic carbocycles. The topological polar surface area (TPSA) is 32.3 Å². The van der Waals surface area contributed by atoms with Crippen LogP contribution in [0.15, 0.2) is 18.2 Å². The summed E-state index contributed by atoms with van der Waals surface area (Å²) in [6.45, 7) is 8.27. The molecule has 1 rings (SSSR count). The Bertz CT molecular complexity index is 397. The van der Waals surface area contributed by atoms with E-state index in [9.17, 15) is 5.11 Å². The van der Waals surface area contributed by atoms with Crippen molar-refractivity contribution in [1.82, 2.24) is 5.32 Å². The maximum atomic E-state index is 10.4. The first-order valence-corrected chi connectivity index (χ1v) is 6.30. The van der Waals surface area contributed by atoms with Crippen molar-refractivity contribution in [3.63, 3.8) is 0 Å². The summed E-state index contributed by atoms with van der Waals surface area (Å²) < 4.78 is 0. The quantitative estimate of drug-likeness (QED) is 0.884. The molecule has 0 spiro atoms. The third kappa shape index (κ3) is 4.47. The lowest BCUT2D eigenvalue weighted by Gasteiger charge is -2.30. The van der Waals surface area contributed by atoms with Crippen LogP contribution in [0.2, 0.25) is 10.0 Å². The Kier molecular flexibility index (Phi) is 4.48. The monoisotopic (exact) mass is 275 g/mol. The lowest BCUT2D eigenvalue weighted by atomic mass is 9.94. The Morgan fingerprint density at radius 1 is 1.18 bits per heavy atom. The van der Waals surface area contributed by atoms with E-state index in [1.54, 1.807) is 25.1 Å². The summed E-state index contributed by atoms with van der Waals surface area (Å²) in [7, 11) is 0. The highest BCUT2D eigenvalue weighted by Gasteiger charge is 2.27. The summed E-state index contributed by atoms with van der Waals surface area (Å²) in [5.74, 6) is 0. The summed E-state index contributed by atoms with van der Waals surface area (Å²) in [6, 6.07) is 5.11.